The Labute approximate surface area is 165 Å². The zero-order valence-corrected chi connectivity index (χ0v) is 19.4. The van der Waals surface area contributed by atoms with E-state index in [-0.39, 0.29) is 24.7 Å². The van der Waals surface area contributed by atoms with Crippen LogP contribution in [0.4, 0.5) is 0 Å². The van der Waals surface area contributed by atoms with Crippen molar-refractivity contribution >= 4 is 38.4 Å². The number of hydrogen-bond donors (Lipinski definition) is 0. The molecule has 3 aromatic rings. The van der Waals surface area contributed by atoms with Gasteiger partial charge in [0.25, 0.3) is 0 Å². The minimum atomic E-state index is -1.98. The maximum absolute atomic E-state index is 2.29. The first-order valence-corrected chi connectivity index (χ1v) is 15.3. The molecule has 0 nitrogen and oxygen atoms in total. The summed E-state index contributed by atoms with van der Waals surface area (Å²) in [6.07, 6.45) is 0. The fraction of sp³-hybridized carbons (Fsp3) is 0.143. The Kier molecular flexibility index (Phi) is 10.6. The van der Waals surface area contributed by atoms with Gasteiger partial charge in [-0.25, -0.2) is 0 Å². The van der Waals surface area contributed by atoms with E-state index < -0.39 is 19.8 Å². The molecule has 0 atom stereocenters. The van der Waals surface area contributed by atoms with Crippen LogP contribution in [-0.4, -0.2) is 39.8 Å². The number of rotatable bonds is 3. The van der Waals surface area contributed by atoms with Crippen LogP contribution in [-0.2, 0) is 16.8 Å². The van der Waals surface area contributed by atoms with Crippen molar-refractivity contribution in [2.45, 2.75) is 0 Å². The van der Waals surface area contributed by atoms with Crippen LogP contribution in [0.1, 0.15) is 0 Å². The molecule has 0 aliphatic heterocycles. The molecule has 0 aliphatic rings. The maximum atomic E-state index is 2.29. The van der Waals surface area contributed by atoms with Gasteiger partial charge in [-0.2, -0.15) is 0 Å². The Morgan fingerprint density at radius 1 is 0.500 bits per heavy atom. The topological polar surface area (TPSA) is 0 Å². The average molecular weight is 486 g/mol. The Hall–Kier alpha value is -0.605. The van der Waals surface area contributed by atoms with Gasteiger partial charge < -0.3 is 0 Å². The average Bonchev–Trinajstić information content (AvgIpc) is 2.58. The molecule has 0 saturated carbocycles. The van der Waals surface area contributed by atoms with Gasteiger partial charge in [0.1, 0.15) is 0 Å². The SMILES string of the molecule is C[PH+](C)C.[Co+2].c1cc[c]([Sn+]([c]2ccccc2)[c]2ccccc2)cc1. The Bertz CT molecular complexity index is 575. The molecule has 0 unspecified atom stereocenters. The summed E-state index contributed by atoms with van der Waals surface area (Å²) >= 11 is -1.98. The van der Waals surface area contributed by atoms with E-state index in [4.69, 9.17) is 0 Å². The van der Waals surface area contributed by atoms with Crippen molar-refractivity contribution in [1.82, 2.24) is 0 Å². The van der Waals surface area contributed by atoms with E-state index in [1.165, 1.54) is 10.7 Å². The molecule has 0 heterocycles. The number of benzene rings is 3. The molecule has 0 N–H and O–H groups in total. The number of hydrogen-bond acceptors (Lipinski definition) is 0. The summed E-state index contributed by atoms with van der Waals surface area (Å²) in [4.78, 5) is 0. The molecule has 3 heteroatoms. The first-order valence-electron chi connectivity index (χ1n) is 7.98. The second kappa shape index (κ2) is 11.9. The molecular formula is C21H25CoPSn+4. The third-order valence-corrected chi connectivity index (χ3v) is 11.0. The van der Waals surface area contributed by atoms with Gasteiger partial charge in [-0.3, -0.25) is 0 Å². The Balaban J connectivity index is 0.000000522. The van der Waals surface area contributed by atoms with E-state index in [2.05, 4.69) is 111 Å². The molecule has 3 rings (SSSR count). The normalized spacial score (nSPS) is 9.50. The second-order valence-corrected chi connectivity index (χ2v) is 16.1. The summed E-state index contributed by atoms with van der Waals surface area (Å²) in [6.45, 7) is 6.81. The van der Waals surface area contributed by atoms with E-state index in [1.807, 2.05) is 0 Å². The van der Waals surface area contributed by atoms with Crippen LogP contribution in [0.2, 0.25) is 0 Å². The van der Waals surface area contributed by atoms with Crippen molar-refractivity contribution in [3.8, 4) is 0 Å². The molecule has 0 aromatic heterocycles. The van der Waals surface area contributed by atoms with Crippen LogP contribution in [0, 0.1) is 0 Å². The fourth-order valence-corrected chi connectivity index (χ4v) is 9.67. The van der Waals surface area contributed by atoms with Gasteiger partial charge in [-0.15, -0.1) is 0 Å². The molecule has 123 valence electrons. The van der Waals surface area contributed by atoms with E-state index in [1.54, 1.807) is 0 Å². The monoisotopic (exact) mass is 487 g/mol. The molecule has 1 radical (unpaired) electrons. The van der Waals surface area contributed by atoms with Crippen LogP contribution in [0.3, 0.4) is 0 Å². The first-order chi connectivity index (χ1) is 11.2. The van der Waals surface area contributed by atoms with Crippen molar-refractivity contribution in [3.05, 3.63) is 91.0 Å². The molecule has 0 amide bonds. The minimum absolute atomic E-state index is 0. The van der Waals surface area contributed by atoms with Gasteiger partial charge in [-0.05, 0) is 7.92 Å². The molecule has 0 bridgehead atoms. The van der Waals surface area contributed by atoms with Gasteiger partial charge in [0, 0.05) is 20.0 Å². The van der Waals surface area contributed by atoms with E-state index in [0.29, 0.717) is 0 Å². The quantitative estimate of drug-likeness (QED) is 0.394. The molecule has 3 aromatic carbocycles. The van der Waals surface area contributed by atoms with Gasteiger partial charge in [0.15, 0.2) is 0 Å². The summed E-state index contributed by atoms with van der Waals surface area (Å²) in [5.41, 5.74) is 0. The van der Waals surface area contributed by atoms with Gasteiger partial charge in [0.05, 0.1) is 0 Å². The fourth-order valence-electron chi connectivity index (χ4n) is 2.31. The zero-order chi connectivity index (χ0) is 16.5. The van der Waals surface area contributed by atoms with Crippen LogP contribution < -0.4 is 10.7 Å². The standard InChI is InChI=1S/3C6H5.C3H9P.Co.Sn/c3*1-2-4-6-5-3-1;1-4(2)3;;/h3*1-5H;1-3H3;;/q;;;;+2;+1/p+1. The molecule has 0 aliphatic carbocycles. The van der Waals surface area contributed by atoms with Crippen LogP contribution in [0.15, 0.2) is 91.0 Å². The molecule has 0 saturated heterocycles. The third-order valence-electron chi connectivity index (χ3n) is 3.19. The first kappa shape index (κ1) is 21.4. The van der Waals surface area contributed by atoms with Crippen LogP contribution in [0.25, 0.3) is 0 Å². The van der Waals surface area contributed by atoms with Crippen molar-refractivity contribution in [2.75, 3.05) is 20.0 Å². The Morgan fingerprint density at radius 3 is 0.917 bits per heavy atom. The summed E-state index contributed by atoms with van der Waals surface area (Å²) in [6, 6.07) is 32.9. The van der Waals surface area contributed by atoms with E-state index in [0.717, 1.165) is 0 Å². The molecule has 0 fully saturated rings. The van der Waals surface area contributed by atoms with Crippen LogP contribution >= 0.6 is 7.92 Å². The van der Waals surface area contributed by atoms with Crippen LogP contribution in [0.5, 0.6) is 0 Å². The summed E-state index contributed by atoms with van der Waals surface area (Å²) in [7, 11) is 0.120. The third kappa shape index (κ3) is 7.10. The van der Waals surface area contributed by atoms with Gasteiger partial charge in [0.2, 0.25) is 0 Å². The van der Waals surface area contributed by atoms with Crippen molar-refractivity contribution in [1.29, 1.82) is 0 Å². The molecular weight excluding hydrogens is 461 g/mol. The van der Waals surface area contributed by atoms with Crippen molar-refractivity contribution < 1.29 is 16.8 Å². The predicted molar refractivity (Wildman–Crippen MR) is 110 cm³/mol. The van der Waals surface area contributed by atoms with Gasteiger partial charge in [-0.1, -0.05) is 0 Å². The zero-order valence-electron chi connectivity index (χ0n) is 14.5. The van der Waals surface area contributed by atoms with Crippen molar-refractivity contribution in [3.63, 3.8) is 0 Å². The van der Waals surface area contributed by atoms with E-state index in [9.17, 15) is 0 Å². The summed E-state index contributed by atoms with van der Waals surface area (Å²) in [5.74, 6) is 0. The van der Waals surface area contributed by atoms with Gasteiger partial charge >= 0.3 is 138 Å². The van der Waals surface area contributed by atoms with E-state index >= 15 is 0 Å². The summed E-state index contributed by atoms with van der Waals surface area (Å²) < 4.78 is 4.59. The van der Waals surface area contributed by atoms with Crippen molar-refractivity contribution in [2.24, 2.45) is 0 Å². The second-order valence-electron chi connectivity index (χ2n) is 5.97. The predicted octanol–water partition coefficient (Wildman–Crippen LogP) is 3.29. The summed E-state index contributed by atoms with van der Waals surface area (Å²) in [5, 5.41) is 0. The Morgan fingerprint density at radius 2 is 0.708 bits per heavy atom. The molecule has 24 heavy (non-hydrogen) atoms. The molecule has 0 spiro atoms.